The summed E-state index contributed by atoms with van der Waals surface area (Å²) in [6, 6.07) is 9.07. The lowest BCUT2D eigenvalue weighted by Gasteiger charge is -2.30. The minimum absolute atomic E-state index is 0.0527. The van der Waals surface area contributed by atoms with Crippen molar-refractivity contribution in [1.82, 2.24) is 0 Å². The Bertz CT molecular complexity index is 464. The van der Waals surface area contributed by atoms with E-state index in [4.69, 9.17) is 0 Å². The van der Waals surface area contributed by atoms with Gasteiger partial charge in [-0.25, -0.2) is 0 Å². The van der Waals surface area contributed by atoms with E-state index in [-0.39, 0.29) is 5.78 Å². The van der Waals surface area contributed by atoms with Gasteiger partial charge in [0, 0.05) is 5.56 Å². The molecule has 0 heterocycles. The predicted molar refractivity (Wildman–Crippen MR) is 71.0 cm³/mol. The number of ketones is 1. The van der Waals surface area contributed by atoms with Crippen LogP contribution < -0.4 is 0 Å². The van der Waals surface area contributed by atoms with Crippen molar-refractivity contribution in [3.8, 4) is 0 Å². The fraction of sp³-hybridized carbons (Fsp3) is 0.214. The summed E-state index contributed by atoms with van der Waals surface area (Å²) >= 11 is 1.28. The summed E-state index contributed by atoms with van der Waals surface area (Å²) in [6.45, 7) is 0. The molecule has 2 atom stereocenters. The molecule has 2 rings (SSSR count). The van der Waals surface area contributed by atoms with Gasteiger partial charge < -0.3 is 5.11 Å². The molecule has 88 valence electrons. The molecule has 0 saturated heterocycles. The maximum atomic E-state index is 12.3. The van der Waals surface area contributed by atoms with Crippen LogP contribution in [0.25, 0.3) is 0 Å². The van der Waals surface area contributed by atoms with Crippen LogP contribution in [0.4, 0.5) is 0 Å². The molecule has 0 spiro atoms. The second-order valence-electron chi connectivity index (χ2n) is 3.91. The molecule has 17 heavy (non-hydrogen) atoms. The Morgan fingerprint density at radius 1 is 1.29 bits per heavy atom. The molecule has 1 aliphatic carbocycles. The zero-order chi connectivity index (χ0) is 12.3. The number of thioether (sulfide) groups is 1. The van der Waals surface area contributed by atoms with Crippen LogP contribution in [0.5, 0.6) is 0 Å². The standard InChI is InChI=1S/C14H14O2S/c1-17-14(16)10-6-5-9-12(14)13(15)11-7-3-2-4-8-11/h2-10,12,16H,1H3. The van der Waals surface area contributed by atoms with Gasteiger partial charge in [-0.15, -0.1) is 11.8 Å². The lowest BCUT2D eigenvalue weighted by atomic mass is 9.89. The fourth-order valence-corrected chi connectivity index (χ4v) is 2.52. The molecule has 1 aromatic rings. The summed E-state index contributed by atoms with van der Waals surface area (Å²) in [6.07, 6.45) is 8.80. The highest BCUT2D eigenvalue weighted by atomic mass is 32.2. The van der Waals surface area contributed by atoms with Gasteiger partial charge in [0.2, 0.25) is 0 Å². The Kier molecular flexibility index (Phi) is 3.50. The summed E-state index contributed by atoms with van der Waals surface area (Å²) in [5, 5.41) is 10.4. The third-order valence-corrected chi connectivity index (χ3v) is 3.91. The Balaban J connectivity index is 2.31. The minimum atomic E-state index is -1.14. The summed E-state index contributed by atoms with van der Waals surface area (Å²) in [5.74, 6) is -0.576. The number of hydrogen-bond donors (Lipinski definition) is 1. The van der Waals surface area contributed by atoms with Crippen molar-refractivity contribution in [2.45, 2.75) is 4.93 Å². The maximum absolute atomic E-state index is 12.3. The lowest BCUT2D eigenvalue weighted by molar-refractivity contribution is 0.0782. The van der Waals surface area contributed by atoms with Crippen molar-refractivity contribution in [2.75, 3.05) is 6.26 Å². The molecular weight excluding hydrogens is 232 g/mol. The highest BCUT2D eigenvalue weighted by molar-refractivity contribution is 8.00. The molecule has 1 aliphatic rings. The monoisotopic (exact) mass is 246 g/mol. The number of aliphatic hydroxyl groups is 1. The second-order valence-corrected chi connectivity index (χ2v) is 4.97. The van der Waals surface area contributed by atoms with E-state index in [1.807, 2.05) is 18.2 Å². The van der Waals surface area contributed by atoms with Gasteiger partial charge in [-0.3, -0.25) is 4.79 Å². The second kappa shape index (κ2) is 4.90. The highest BCUT2D eigenvalue weighted by Gasteiger charge is 2.38. The topological polar surface area (TPSA) is 37.3 Å². The van der Waals surface area contributed by atoms with Crippen LogP contribution >= 0.6 is 11.8 Å². The Morgan fingerprint density at radius 3 is 2.65 bits per heavy atom. The average Bonchev–Trinajstić information content (AvgIpc) is 2.39. The molecule has 0 saturated carbocycles. The Labute approximate surface area is 105 Å². The van der Waals surface area contributed by atoms with E-state index < -0.39 is 10.9 Å². The summed E-state index contributed by atoms with van der Waals surface area (Å²) in [4.78, 5) is 11.2. The third-order valence-electron chi connectivity index (χ3n) is 2.86. The van der Waals surface area contributed by atoms with E-state index in [1.165, 1.54) is 11.8 Å². The van der Waals surface area contributed by atoms with E-state index >= 15 is 0 Å². The SMILES string of the molecule is CSC1(O)C=CC=CC1C(=O)c1ccccc1. The molecule has 1 aromatic carbocycles. The third kappa shape index (κ3) is 2.35. The first-order valence-corrected chi connectivity index (χ1v) is 6.62. The van der Waals surface area contributed by atoms with Crippen LogP contribution in [0.15, 0.2) is 54.6 Å². The van der Waals surface area contributed by atoms with Gasteiger partial charge in [-0.2, -0.15) is 0 Å². The van der Waals surface area contributed by atoms with Gasteiger partial charge in [0.1, 0.15) is 4.93 Å². The molecule has 0 aliphatic heterocycles. The average molecular weight is 246 g/mol. The normalized spacial score (nSPS) is 27.1. The van der Waals surface area contributed by atoms with Crippen LogP contribution in [-0.4, -0.2) is 22.1 Å². The Morgan fingerprint density at radius 2 is 2.00 bits per heavy atom. The van der Waals surface area contributed by atoms with Crippen molar-refractivity contribution in [1.29, 1.82) is 0 Å². The van der Waals surface area contributed by atoms with Crippen LogP contribution in [0.3, 0.4) is 0 Å². The number of benzene rings is 1. The molecule has 0 bridgehead atoms. The van der Waals surface area contributed by atoms with Crippen molar-refractivity contribution in [3.63, 3.8) is 0 Å². The number of allylic oxidation sites excluding steroid dienone is 2. The van der Waals surface area contributed by atoms with Crippen LogP contribution in [0.1, 0.15) is 10.4 Å². The van der Waals surface area contributed by atoms with E-state index in [2.05, 4.69) is 0 Å². The number of hydrogen-bond acceptors (Lipinski definition) is 3. The number of carbonyl (C=O) groups excluding carboxylic acids is 1. The first-order chi connectivity index (χ1) is 8.17. The number of Topliss-reactive ketones (excluding diaryl/α,β-unsaturated/α-hetero) is 1. The summed E-state index contributed by atoms with van der Waals surface area (Å²) in [7, 11) is 0. The fourth-order valence-electron chi connectivity index (χ4n) is 1.86. The van der Waals surface area contributed by atoms with Crippen molar-refractivity contribution < 1.29 is 9.90 Å². The highest BCUT2D eigenvalue weighted by Crippen LogP contribution is 2.35. The molecule has 2 nitrogen and oxygen atoms in total. The molecule has 2 unspecified atom stereocenters. The molecular formula is C14H14O2S. The molecule has 0 radical (unpaired) electrons. The van der Waals surface area contributed by atoms with Crippen LogP contribution in [-0.2, 0) is 0 Å². The Hall–Kier alpha value is -1.32. The zero-order valence-corrected chi connectivity index (χ0v) is 10.4. The number of carbonyl (C=O) groups is 1. The van der Waals surface area contributed by atoms with E-state index in [0.29, 0.717) is 5.56 Å². The smallest absolute Gasteiger partial charge is 0.173 e. The van der Waals surface area contributed by atoms with Gasteiger partial charge in [0.15, 0.2) is 5.78 Å². The van der Waals surface area contributed by atoms with Crippen molar-refractivity contribution >= 4 is 17.5 Å². The van der Waals surface area contributed by atoms with Crippen LogP contribution in [0.2, 0.25) is 0 Å². The summed E-state index contributed by atoms with van der Waals surface area (Å²) in [5.41, 5.74) is 0.630. The molecule has 0 fully saturated rings. The van der Waals surface area contributed by atoms with E-state index in [1.54, 1.807) is 42.7 Å². The number of rotatable bonds is 3. The van der Waals surface area contributed by atoms with Gasteiger partial charge in [-0.05, 0) is 12.3 Å². The lowest BCUT2D eigenvalue weighted by Crippen LogP contribution is -2.37. The van der Waals surface area contributed by atoms with Crippen molar-refractivity contribution in [2.24, 2.45) is 5.92 Å². The largest absolute Gasteiger partial charge is 0.375 e. The van der Waals surface area contributed by atoms with Gasteiger partial charge >= 0.3 is 0 Å². The maximum Gasteiger partial charge on any atom is 0.173 e. The van der Waals surface area contributed by atoms with Gasteiger partial charge in [-0.1, -0.05) is 48.6 Å². The minimum Gasteiger partial charge on any atom is -0.375 e. The predicted octanol–water partition coefficient (Wildman–Crippen LogP) is 2.66. The van der Waals surface area contributed by atoms with E-state index in [0.717, 1.165) is 0 Å². The molecule has 0 aromatic heterocycles. The van der Waals surface area contributed by atoms with Crippen molar-refractivity contribution in [3.05, 3.63) is 60.2 Å². The zero-order valence-electron chi connectivity index (χ0n) is 9.54. The molecule has 3 heteroatoms. The van der Waals surface area contributed by atoms with Crippen LogP contribution in [0, 0.1) is 5.92 Å². The van der Waals surface area contributed by atoms with Gasteiger partial charge in [0.05, 0.1) is 5.92 Å². The quantitative estimate of drug-likeness (QED) is 0.658. The van der Waals surface area contributed by atoms with E-state index in [9.17, 15) is 9.90 Å². The first-order valence-electron chi connectivity index (χ1n) is 5.40. The summed E-state index contributed by atoms with van der Waals surface area (Å²) < 4.78 is 0. The molecule has 0 amide bonds. The van der Waals surface area contributed by atoms with Gasteiger partial charge in [0.25, 0.3) is 0 Å². The molecule has 1 N–H and O–H groups in total. The first kappa shape index (κ1) is 12.1.